The van der Waals surface area contributed by atoms with Crippen molar-refractivity contribution in [3.05, 3.63) is 24.3 Å². The van der Waals surface area contributed by atoms with Crippen molar-refractivity contribution in [1.29, 1.82) is 0 Å². The normalized spacial score (nSPS) is 12.1. The highest BCUT2D eigenvalue weighted by Gasteiger charge is 2.19. The van der Waals surface area contributed by atoms with Crippen molar-refractivity contribution in [1.82, 2.24) is 0 Å². The summed E-state index contributed by atoms with van der Waals surface area (Å²) in [6.45, 7) is 6.71. The van der Waals surface area contributed by atoms with E-state index in [1.54, 1.807) is 0 Å². The van der Waals surface area contributed by atoms with E-state index in [4.69, 9.17) is 14.2 Å². The van der Waals surface area contributed by atoms with E-state index >= 15 is 0 Å². The fourth-order valence-corrected chi connectivity index (χ4v) is 11.0. The Bertz CT molecular complexity index is 1270. The van der Waals surface area contributed by atoms with Gasteiger partial charge in [-0.05, 0) is 70.6 Å². The van der Waals surface area contributed by atoms with Gasteiger partial charge in [0, 0.05) is 19.3 Å². The third kappa shape index (κ3) is 66.6. The van der Waals surface area contributed by atoms with Crippen LogP contribution in [0.5, 0.6) is 0 Å². The van der Waals surface area contributed by atoms with E-state index in [1.807, 2.05) is 0 Å². The second-order valence-electron chi connectivity index (χ2n) is 24.5. The van der Waals surface area contributed by atoms with Gasteiger partial charge in [-0.15, -0.1) is 0 Å². The van der Waals surface area contributed by atoms with Gasteiger partial charge in [-0.25, -0.2) is 0 Å². The first-order chi connectivity index (χ1) is 39.0. The Labute approximate surface area is 493 Å². The zero-order valence-electron chi connectivity index (χ0n) is 53.7. The summed E-state index contributed by atoms with van der Waals surface area (Å²) in [4.78, 5) is 38.4. The molecule has 466 valence electrons. The zero-order valence-corrected chi connectivity index (χ0v) is 53.7. The molecule has 0 rings (SSSR count). The molecule has 0 spiro atoms. The molecule has 0 N–H and O–H groups in total. The van der Waals surface area contributed by atoms with Crippen LogP contribution < -0.4 is 0 Å². The van der Waals surface area contributed by atoms with Crippen LogP contribution in [0.2, 0.25) is 0 Å². The summed E-state index contributed by atoms with van der Waals surface area (Å²) in [5.41, 5.74) is 0. The molecule has 6 heteroatoms. The predicted octanol–water partition coefficient (Wildman–Crippen LogP) is 24.6. The largest absolute Gasteiger partial charge is 0.462 e. The number of hydrogen-bond acceptors (Lipinski definition) is 6. The van der Waals surface area contributed by atoms with Crippen LogP contribution in [0.4, 0.5) is 0 Å². The topological polar surface area (TPSA) is 78.9 Å². The fourth-order valence-electron chi connectivity index (χ4n) is 11.0. The fraction of sp³-hybridized carbons (Fsp3) is 0.904. The Morgan fingerprint density at radius 2 is 0.418 bits per heavy atom. The minimum absolute atomic E-state index is 0.0682. The van der Waals surface area contributed by atoms with Gasteiger partial charge in [-0.2, -0.15) is 0 Å². The highest BCUT2D eigenvalue weighted by Crippen LogP contribution is 2.19. The maximum Gasteiger partial charge on any atom is 0.306 e. The molecule has 0 aromatic carbocycles. The maximum atomic E-state index is 12.9. The smallest absolute Gasteiger partial charge is 0.306 e. The van der Waals surface area contributed by atoms with Gasteiger partial charge in [-0.3, -0.25) is 14.4 Å². The van der Waals surface area contributed by atoms with E-state index in [2.05, 4.69) is 45.1 Å². The van der Waals surface area contributed by atoms with Gasteiger partial charge in [0.2, 0.25) is 0 Å². The Morgan fingerprint density at radius 1 is 0.241 bits per heavy atom. The van der Waals surface area contributed by atoms with Gasteiger partial charge in [0.15, 0.2) is 6.10 Å². The summed E-state index contributed by atoms with van der Waals surface area (Å²) in [5, 5.41) is 0. The van der Waals surface area contributed by atoms with Crippen LogP contribution in [0.15, 0.2) is 24.3 Å². The number of allylic oxidation sites excluding steroid dienone is 4. The summed E-state index contributed by atoms with van der Waals surface area (Å²) in [6.07, 6.45) is 83.6. The van der Waals surface area contributed by atoms with Crippen molar-refractivity contribution >= 4 is 17.9 Å². The molecule has 0 fully saturated rings. The lowest BCUT2D eigenvalue weighted by atomic mass is 10.0. The minimum atomic E-state index is -0.772. The Kier molecular flexibility index (Phi) is 66.6. The Balaban J connectivity index is 4.13. The molecule has 0 aromatic rings. The Morgan fingerprint density at radius 3 is 0.633 bits per heavy atom. The highest BCUT2D eigenvalue weighted by molar-refractivity contribution is 5.71. The van der Waals surface area contributed by atoms with E-state index in [1.165, 1.54) is 302 Å². The molecule has 0 saturated heterocycles. The van der Waals surface area contributed by atoms with Crippen molar-refractivity contribution in [3.8, 4) is 0 Å². The molecule has 6 nitrogen and oxygen atoms in total. The van der Waals surface area contributed by atoms with Crippen LogP contribution in [0.3, 0.4) is 0 Å². The molecule has 0 radical (unpaired) electrons. The van der Waals surface area contributed by atoms with Crippen molar-refractivity contribution in [3.63, 3.8) is 0 Å². The first-order valence-corrected chi connectivity index (χ1v) is 35.8. The molecular formula is C73H138O6. The molecular weight excluding hydrogens is 973 g/mol. The van der Waals surface area contributed by atoms with E-state index in [-0.39, 0.29) is 31.1 Å². The molecule has 0 aliphatic rings. The lowest BCUT2D eigenvalue weighted by Crippen LogP contribution is -2.30. The monoisotopic (exact) mass is 1110 g/mol. The van der Waals surface area contributed by atoms with Gasteiger partial charge in [0.05, 0.1) is 0 Å². The molecule has 1 unspecified atom stereocenters. The first kappa shape index (κ1) is 76.9. The summed E-state index contributed by atoms with van der Waals surface area (Å²) in [6, 6.07) is 0. The van der Waals surface area contributed by atoms with Crippen LogP contribution in [0.25, 0.3) is 0 Å². The summed E-state index contributed by atoms with van der Waals surface area (Å²) in [7, 11) is 0. The first-order valence-electron chi connectivity index (χ1n) is 35.8. The van der Waals surface area contributed by atoms with Crippen molar-refractivity contribution < 1.29 is 28.6 Å². The number of hydrogen-bond donors (Lipinski definition) is 0. The third-order valence-electron chi connectivity index (χ3n) is 16.4. The molecule has 0 bridgehead atoms. The summed E-state index contributed by atoms with van der Waals surface area (Å²) < 4.78 is 17.0. The number of rotatable bonds is 67. The number of carbonyl (C=O) groups excluding carboxylic acids is 3. The van der Waals surface area contributed by atoms with Crippen molar-refractivity contribution in [2.24, 2.45) is 0 Å². The van der Waals surface area contributed by atoms with Crippen LogP contribution in [0, 0.1) is 0 Å². The quantitative estimate of drug-likeness (QED) is 0.0261. The van der Waals surface area contributed by atoms with Gasteiger partial charge in [0.25, 0.3) is 0 Å². The molecule has 0 aliphatic carbocycles. The third-order valence-corrected chi connectivity index (χ3v) is 16.4. The maximum absolute atomic E-state index is 12.9. The number of ether oxygens (including phenoxy) is 3. The van der Waals surface area contributed by atoms with E-state index in [9.17, 15) is 14.4 Å². The van der Waals surface area contributed by atoms with Gasteiger partial charge in [-0.1, -0.05) is 340 Å². The van der Waals surface area contributed by atoms with Crippen LogP contribution in [-0.4, -0.2) is 37.2 Å². The lowest BCUT2D eigenvalue weighted by molar-refractivity contribution is -0.167. The van der Waals surface area contributed by atoms with E-state index < -0.39 is 6.10 Å². The second kappa shape index (κ2) is 68.4. The number of unbranched alkanes of at least 4 members (excludes halogenated alkanes) is 52. The Hall–Kier alpha value is -2.11. The molecule has 0 heterocycles. The van der Waals surface area contributed by atoms with Crippen molar-refractivity contribution in [2.45, 2.75) is 412 Å². The summed E-state index contributed by atoms with van der Waals surface area (Å²) in [5.74, 6) is -0.845. The van der Waals surface area contributed by atoms with Gasteiger partial charge < -0.3 is 14.2 Å². The average Bonchev–Trinajstić information content (AvgIpc) is 3.45. The number of esters is 3. The van der Waals surface area contributed by atoms with Crippen LogP contribution in [0.1, 0.15) is 406 Å². The minimum Gasteiger partial charge on any atom is -0.462 e. The summed E-state index contributed by atoms with van der Waals surface area (Å²) >= 11 is 0. The second-order valence-corrected chi connectivity index (χ2v) is 24.5. The lowest BCUT2D eigenvalue weighted by Gasteiger charge is -2.18. The van der Waals surface area contributed by atoms with Crippen molar-refractivity contribution in [2.75, 3.05) is 13.2 Å². The molecule has 1 atom stereocenters. The molecule has 0 amide bonds. The van der Waals surface area contributed by atoms with Crippen LogP contribution >= 0.6 is 0 Å². The standard InChI is InChI=1S/C73H138O6/c1-4-7-10-13-16-19-22-25-28-30-31-32-33-34-35-36-37-38-39-40-41-42-43-44-46-48-51-54-57-60-63-66-72(75)78-69-70(68-77-71(74)65-62-59-56-53-50-47-27-24-21-18-15-12-9-6-3)79-73(76)67-64-61-58-55-52-49-45-29-26-23-20-17-14-11-8-5-2/h29-31,45,70H,4-28,32-44,46-69H2,1-3H3/b31-30-,45-29-. The molecule has 79 heavy (non-hydrogen) atoms. The SMILES string of the molecule is CCCCCCCCC/C=C\CCCCCCCC(=O)OC(COC(=O)CCCCCCCCCCCCCCCC)COC(=O)CCCCCCCCCCCCCCCCCCCCC/C=C\CCCCCCCCCC. The van der Waals surface area contributed by atoms with Crippen LogP contribution in [-0.2, 0) is 28.6 Å². The highest BCUT2D eigenvalue weighted by atomic mass is 16.6. The molecule has 0 aromatic heterocycles. The van der Waals surface area contributed by atoms with Gasteiger partial charge >= 0.3 is 17.9 Å². The van der Waals surface area contributed by atoms with Gasteiger partial charge in [0.1, 0.15) is 13.2 Å². The van der Waals surface area contributed by atoms with E-state index in [0.717, 1.165) is 64.2 Å². The molecule has 0 aliphatic heterocycles. The van der Waals surface area contributed by atoms with E-state index in [0.29, 0.717) is 19.3 Å². The number of carbonyl (C=O) groups is 3. The zero-order chi connectivity index (χ0) is 57.1. The average molecular weight is 1110 g/mol. The predicted molar refractivity (Wildman–Crippen MR) is 344 cm³/mol. The molecule has 0 saturated carbocycles.